The molecule has 0 radical (unpaired) electrons. The van der Waals surface area contributed by atoms with Gasteiger partial charge in [0.2, 0.25) is 0 Å². The van der Waals surface area contributed by atoms with Crippen LogP contribution in [0.25, 0.3) is 0 Å². The number of carbonyl (C=O) groups is 1. The average molecular weight is 209 g/mol. The predicted octanol–water partition coefficient (Wildman–Crippen LogP) is 0.660. The second-order valence-electron chi connectivity index (χ2n) is 3.26. The molecular formula is C11H15NO3. The van der Waals surface area contributed by atoms with Crippen LogP contribution >= 0.6 is 0 Å². The average Bonchev–Trinajstić information content (AvgIpc) is 2.29. The summed E-state index contributed by atoms with van der Waals surface area (Å²) in [5.41, 5.74) is 5.43. The molecule has 0 aromatic heterocycles. The van der Waals surface area contributed by atoms with Crippen LogP contribution in [0, 0.1) is 0 Å². The first kappa shape index (κ1) is 11.7. The lowest BCUT2D eigenvalue weighted by molar-refractivity contribution is -0.149. The molecule has 1 unspecified atom stereocenters. The van der Waals surface area contributed by atoms with Crippen molar-refractivity contribution in [3.05, 3.63) is 35.9 Å². The van der Waals surface area contributed by atoms with Gasteiger partial charge in [-0.05, 0) is 5.56 Å². The fourth-order valence-corrected chi connectivity index (χ4v) is 1.41. The van der Waals surface area contributed by atoms with E-state index in [2.05, 4.69) is 4.74 Å². The molecule has 1 aromatic rings. The molecule has 0 heterocycles. The summed E-state index contributed by atoms with van der Waals surface area (Å²) < 4.78 is 9.64. The Hall–Kier alpha value is -1.39. The fourth-order valence-electron chi connectivity index (χ4n) is 1.41. The molecule has 0 aliphatic carbocycles. The highest BCUT2D eigenvalue weighted by molar-refractivity contribution is 5.82. The molecule has 0 aliphatic rings. The van der Waals surface area contributed by atoms with Crippen LogP contribution in [-0.2, 0) is 19.8 Å². The molecule has 0 aliphatic heterocycles. The van der Waals surface area contributed by atoms with Gasteiger partial charge in [0.1, 0.15) is 0 Å². The summed E-state index contributed by atoms with van der Waals surface area (Å²) in [5.74, 6) is -0.504. The molecule has 4 nitrogen and oxygen atoms in total. The van der Waals surface area contributed by atoms with Crippen molar-refractivity contribution in [1.29, 1.82) is 0 Å². The zero-order valence-corrected chi connectivity index (χ0v) is 8.90. The zero-order chi connectivity index (χ0) is 11.3. The standard InChI is InChI=1S/C11H15NO3/c1-14-8-11(12,10(13)15-2)9-6-4-3-5-7-9/h3-7H,8,12H2,1-2H3. The van der Waals surface area contributed by atoms with Crippen molar-refractivity contribution in [2.24, 2.45) is 5.73 Å². The van der Waals surface area contributed by atoms with Crippen LogP contribution in [0.5, 0.6) is 0 Å². The predicted molar refractivity (Wildman–Crippen MR) is 56.2 cm³/mol. The zero-order valence-electron chi connectivity index (χ0n) is 8.90. The molecule has 4 heteroatoms. The number of rotatable bonds is 4. The fraction of sp³-hybridized carbons (Fsp3) is 0.364. The lowest BCUT2D eigenvalue weighted by Gasteiger charge is -2.25. The highest BCUT2D eigenvalue weighted by Crippen LogP contribution is 2.19. The van der Waals surface area contributed by atoms with Crippen molar-refractivity contribution < 1.29 is 14.3 Å². The third kappa shape index (κ3) is 2.34. The van der Waals surface area contributed by atoms with Crippen molar-refractivity contribution in [1.82, 2.24) is 0 Å². The number of ether oxygens (including phenoxy) is 2. The monoisotopic (exact) mass is 209 g/mol. The normalized spacial score (nSPS) is 14.3. The van der Waals surface area contributed by atoms with Crippen molar-refractivity contribution in [3.8, 4) is 0 Å². The maximum absolute atomic E-state index is 11.6. The van der Waals surface area contributed by atoms with Gasteiger partial charge in [0.15, 0.2) is 5.54 Å². The number of nitrogens with two attached hydrogens (primary N) is 1. The van der Waals surface area contributed by atoms with Crippen LogP contribution in [0.15, 0.2) is 30.3 Å². The van der Waals surface area contributed by atoms with E-state index in [1.54, 1.807) is 12.1 Å². The molecule has 0 saturated heterocycles. The minimum absolute atomic E-state index is 0.0870. The highest BCUT2D eigenvalue weighted by atomic mass is 16.5. The van der Waals surface area contributed by atoms with Crippen LogP contribution in [0.1, 0.15) is 5.56 Å². The Morgan fingerprint density at radius 3 is 2.40 bits per heavy atom. The molecule has 0 spiro atoms. The Bertz CT molecular complexity index is 326. The molecule has 1 atom stereocenters. The van der Waals surface area contributed by atoms with E-state index >= 15 is 0 Å². The molecule has 0 bridgehead atoms. The summed E-state index contributed by atoms with van der Waals surface area (Å²) in [6.07, 6.45) is 0. The van der Waals surface area contributed by atoms with E-state index in [0.29, 0.717) is 5.56 Å². The minimum Gasteiger partial charge on any atom is -0.467 e. The summed E-state index contributed by atoms with van der Waals surface area (Å²) in [5, 5.41) is 0. The maximum Gasteiger partial charge on any atom is 0.332 e. The molecule has 1 aromatic carbocycles. The largest absolute Gasteiger partial charge is 0.467 e. The van der Waals surface area contributed by atoms with Crippen LogP contribution in [0.2, 0.25) is 0 Å². The van der Waals surface area contributed by atoms with E-state index in [9.17, 15) is 4.79 Å². The molecule has 1 rings (SSSR count). The Kier molecular flexibility index (Phi) is 3.82. The first-order chi connectivity index (χ1) is 7.15. The lowest BCUT2D eigenvalue weighted by Crippen LogP contribution is -2.49. The van der Waals surface area contributed by atoms with Crippen LogP contribution in [0.3, 0.4) is 0 Å². The Morgan fingerprint density at radius 1 is 1.33 bits per heavy atom. The lowest BCUT2D eigenvalue weighted by atomic mass is 9.92. The molecule has 0 fully saturated rings. The number of benzene rings is 1. The molecule has 82 valence electrons. The number of methoxy groups -OCH3 is 2. The van der Waals surface area contributed by atoms with Crippen molar-refractivity contribution >= 4 is 5.97 Å². The summed E-state index contributed by atoms with van der Waals surface area (Å²) in [6, 6.07) is 9.03. The van der Waals surface area contributed by atoms with Gasteiger partial charge in [0.25, 0.3) is 0 Å². The van der Waals surface area contributed by atoms with Gasteiger partial charge in [0, 0.05) is 7.11 Å². The summed E-state index contributed by atoms with van der Waals surface area (Å²) in [7, 11) is 2.80. The smallest absolute Gasteiger partial charge is 0.332 e. The summed E-state index contributed by atoms with van der Waals surface area (Å²) >= 11 is 0. The molecule has 15 heavy (non-hydrogen) atoms. The van der Waals surface area contributed by atoms with E-state index in [4.69, 9.17) is 10.5 Å². The van der Waals surface area contributed by atoms with Gasteiger partial charge in [-0.3, -0.25) is 0 Å². The van der Waals surface area contributed by atoms with Crippen LogP contribution < -0.4 is 5.73 Å². The molecule has 0 amide bonds. The van der Waals surface area contributed by atoms with E-state index in [1.165, 1.54) is 14.2 Å². The number of hydrogen-bond donors (Lipinski definition) is 1. The van der Waals surface area contributed by atoms with E-state index in [1.807, 2.05) is 18.2 Å². The van der Waals surface area contributed by atoms with Crippen LogP contribution in [-0.4, -0.2) is 26.8 Å². The first-order valence-electron chi connectivity index (χ1n) is 4.57. The van der Waals surface area contributed by atoms with Gasteiger partial charge < -0.3 is 15.2 Å². The Labute approximate surface area is 89.0 Å². The van der Waals surface area contributed by atoms with Gasteiger partial charge in [-0.1, -0.05) is 30.3 Å². The Balaban J connectivity index is 3.06. The second kappa shape index (κ2) is 4.91. The number of hydrogen-bond acceptors (Lipinski definition) is 4. The third-order valence-electron chi connectivity index (χ3n) is 2.21. The SMILES string of the molecule is COCC(N)(C(=O)OC)c1ccccc1. The minimum atomic E-state index is -1.23. The summed E-state index contributed by atoms with van der Waals surface area (Å²) in [4.78, 5) is 11.6. The summed E-state index contributed by atoms with van der Waals surface area (Å²) in [6.45, 7) is 0.0870. The molecule has 2 N–H and O–H groups in total. The maximum atomic E-state index is 11.6. The van der Waals surface area contributed by atoms with Crippen molar-refractivity contribution in [2.45, 2.75) is 5.54 Å². The third-order valence-corrected chi connectivity index (χ3v) is 2.21. The Morgan fingerprint density at radius 2 is 1.93 bits per heavy atom. The molecule has 0 saturated carbocycles. The molecular weight excluding hydrogens is 194 g/mol. The number of carbonyl (C=O) groups excluding carboxylic acids is 1. The van der Waals surface area contributed by atoms with Crippen molar-refractivity contribution in [3.63, 3.8) is 0 Å². The van der Waals surface area contributed by atoms with E-state index in [0.717, 1.165) is 0 Å². The van der Waals surface area contributed by atoms with Gasteiger partial charge in [0.05, 0.1) is 13.7 Å². The van der Waals surface area contributed by atoms with E-state index in [-0.39, 0.29) is 6.61 Å². The number of esters is 1. The van der Waals surface area contributed by atoms with Gasteiger partial charge >= 0.3 is 5.97 Å². The quantitative estimate of drug-likeness (QED) is 0.740. The van der Waals surface area contributed by atoms with Gasteiger partial charge in [-0.2, -0.15) is 0 Å². The highest BCUT2D eigenvalue weighted by Gasteiger charge is 2.37. The van der Waals surface area contributed by atoms with Crippen LogP contribution in [0.4, 0.5) is 0 Å². The van der Waals surface area contributed by atoms with Gasteiger partial charge in [-0.15, -0.1) is 0 Å². The topological polar surface area (TPSA) is 61.5 Å². The van der Waals surface area contributed by atoms with Crippen molar-refractivity contribution in [2.75, 3.05) is 20.8 Å². The van der Waals surface area contributed by atoms with Gasteiger partial charge in [-0.25, -0.2) is 4.79 Å². The first-order valence-corrected chi connectivity index (χ1v) is 4.57. The van der Waals surface area contributed by atoms with E-state index < -0.39 is 11.5 Å². The second-order valence-corrected chi connectivity index (χ2v) is 3.26.